The molecule has 9 heteroatoms. The number of anilines is 1. The van der Waals surface area contributed by atoms with Gasteiger partial charge in [0.25, 0.3) is 10.0 Å². The van der Waals surface area contributed by atoms with Crippen LogP contribution in [0.2, 0.25) is 10.0 Å². The average Bonchev–Trinajstić information content (AvgIpc) is 3.21. The molecule has 1 unspecified atom stereocenters. The summed E-state index contributed by atoms with van der Waals surface area (Å²) in [6, 6.07) is 26.7. The van der Waals surface area contributed by atoms with Crippen LogP contribution in [0.3, 0.4) is 0 Å². The third kappa shape index (κ3) is 4.88. The van der Waals surface area contributed by atoms with E-state index in [4.69, 9.17) is 27.9 Å². The van der Waals surface area contributed by atoms with Gasteiger partial charge in [0, 0.05) is 31.9 Å². The predicted octanol–water partition coefficient (Wildman–Crippen LogP) is 6.37. The van der Waals surface area contributed by atoms with Crippen molar-refractivity contribution in [3.8, 4) is 5.75 Å². The van der Waals surface area contributed by atoms with Crippen LogP contribution in [0.25, 0.3) is 21.8 Å². The zero-order valence-electron chi connectivity index (χ0n) is 19.9. The second kappa shape index (κ2) is 10.3. The van der Waals surface area contributed by atoms with Gasteiger partial charge in [-0.15, -0.1) is 0 Å². The number of hydrogen-bond donors (Lipinski definition) is 1. The fourth-order valence-electron chi connectivity index (χ4n) is 4.58. The standard InChI is InChI=1S/C28H24Cl2N2O4S/c1-36-27-15-12-20(30)16-28(27)37(34,35)32(21-13-10-19(29)11-14-21)18-22(33)17-31-25-8-4-2-6-23(25)24-7-3-5-9-26(24)31/h2-16,22,33H,17-18H2,1H3. The topological polar surface area (TPSA) is 71.8 Å². The van der Waals surface area contributed by atoms with Crippen molar-refractivity contribution in [3.63, 3.8) is 0 Å². The molecule has 0 amide bonds. The van der Waals surface area contributed by atoms with Crippen molar-refractivity contribution in [2.24, 2.45) is 0 Å². The van der Waals surface area contributed by atoms with Crippen molar-refractivity contribution in [1.82, 2.24) is 4.57 Å². The quantitative estimate of drug-likeness (QED) is 0.242. The molecule has 1 aromatic heterocycles. The molecule has 4 aromatic carbocycles. The molecule has 1 atom stereocenters. The number of hydrogen-bond acceptors (Lipinski definition) is 4. The summed E-state index contributed by atoms with van der Waals surface area (Å²) < 4.78 is 36.4. The Hall–Kier alpha value is -3.23. The average molecular weight is 555 g/mol. The van der Waals surface area contributed by atoms with Gasteiger partial charge >= 0.3 is 0 Å². The molecule has 0 aliphatic carbocycles. The van der Waals surface area contributed by atoms with E-state index in [0.717, 1.165) is 26.1 Å². The molecule has 190 valence electrons. The Kier molecular flexibility index (Phi) is 7.05. The number of methoxy groups -OCH3 is 1. The van der Waals surface area contributed by atoms with Crippen molar-refractivity contribution < 1.29 is 18.3 Å². The lowest BCUT2D eigenvalue weighted by atomic mass is 10.2. The molecule has 0 fully saturated rings. The second-order valence-corrected chi connectivity index (χ2v) is 11.3. The Morgan fingerprint density at radius 3 is 2.03 bits per heavy atom. The molecule has 0 saturated heterocycles. The first-order valence-corrected chi connectivity index (χ1v) is 13.7. The number of nitrogens with zero attached hydrogens (tertiary/aromatic N) is 2. The predicted molar refractivity (Wildman–Crippen MR) is 149 cm³/mol. The van der Waals surface area contributed by atoms with Gasteiger partial charge in [-0.1, -0.05) is 59.6 Å². The van der Waals surface area contributed by atoms with E-state index in [0.29, 0.717) is 10.7 Å². The minimum absolute atomic E-state index is 0.0958. The maximum Gasteiger partial charge on any atom is 0.268 e. The number of aromatic nitrogens is 1. The van der Waals surface area contributed by atoms with E-state index < -0.39 is 16.1 Å². The molecular weight excluding hydrogens is 531 g/mol. The van der Waals surface area contributed by atoms with Crippen molar-refractivity contribution in [1.29, 1.82) is 0 Å². The fourth-order valence-corrected chi connectivity index (χ4v) is 6.63. The molecule has 1 N–H and O–H groups in total. The first-order valence-electron chi connectivity index (χ1n) is 11.6. The number of fused-ring (bicyclic) bond motifs is 3. The molecule has 0 saturated carbocycles. The summed E-state index contributed by atoms with van der Waals surface area (Å²) in [6.45, 7) is -0.0270. The smallest absolute Gasteiger partial charge is 0.268 e. The van der Waals surface area contributed by atoms with Crippen molar-refractivity contribution in [3.05, 3.63) is 101 Å². The van der Waals surface area contributed by atoms with Crippen LogP contribution < -0.4 is 9.04 Å². The van der Waals surface area contributed by atoms with Crippen LogP contribution in [0, 0.1) is 0 Å². The maximum absolute atomic E-state index is 13.9. The summed E-state index contributed by atoms with van der Waals surface area (Å²) in [5.74, 6) is 0.153. The van der Waals surface area contributed by atoms with E-state index in [-0.39, 0.29) is 28.8 Å². The van der Waals surface area contributed by atoms with Gasteiger partial charge in [0.2, 0.25) is 0 Å². The number of ether oxygens (including phenoxy) is 1. The molecule has 1 heterocycles. The van der Waals surface area contributed by atoms with Gasteiger partial charge in [0.1, 0.15) is 10.6 Å². The monoisotopic (exact) mass is 554 g/mol. The number of rotatable bonds is 8. The zero-order valence-corrected chi connectivity index (χ0v) is 22.2. The third-order valence-corrected chi connectivity index (χ3v) is 8.56. The Bertz CT molecular complexity index is 1630. The molecule has 0 aliphatic heterocycles. The van der Waals surface area contributed by atoms with E-state index >= 15 is 0 Å². The molecule has 0 radical (unpaired) electrons. The summed E-state index contributed by atoms with van der Waals surface area (Å²) >= 11 is 12.2. The van der Waals surface area contributed by atoms with Gasteiger partial charge < -0.3 is 14.4 Å². The van der Waals surface area contributed by atoms with Crippen molar-refractivity contribution in [2.75, 3.05) is 18.0 Å². The first kappa shape index (κ1) is 25.4. The van der Waals surface area contributed by atoms with Gasteiger partial charge in [-0.3, -0.25) is 4.31 Å². The highest BCUT2D eigenvalue weighted by atomic mass is 35.5. The minimum Gasteiger partial charge on any atom is -0.495 e. The molecule has 5 aromatic rings. The number of halogens is 2. The van der Waals surface area contributed by atoms with Gasteiger partial charge in [-0.2, -0.15) is 0 Å². The first-order chi connectivity index (χ1) is 17.8. The Morgan fingerprint density at radius 2 is 1.43 bits per heavy atom. The van der Waals surface area contributed by atoms with Crippen LogP contribution in [0.4, 0.5) is 5.69 Å². The van der Waals surface area contributed by atoms with Crippen LogP contribution in [-0.2, 0) is 16.6 Å². The summed E-state index contributed by atoms with van der Waals surface area (Å²) in [4.78, 5) is -0.0958. The molecule has 6 nitrogen and oxygen atoms in total. The van der Waals surface area contributed by atoms with E-state index in [9.17, 15) is 13.5 Å². The van der Waals surface area contributed by atoms with Crippen LogP contribution in [-0.4, -0.2) is 37.8 Å². The normalized spacial score (nSPS) is 12.6. The Balaban J connectivity index is 1.56. The summed E-state index contributed by atoms with van der Waals surface area (Å²) in [5.41, 5.74) is 2.27. The molecule has 37 heavy (non-hydrogen) atoms. The van der Waals surface area contributed by atoms with Gasteiger partial charge in [0.05, 0.1) is 32.0 Å². The van der Waals surface area contributed by atoms with Crippen LogP contribution in [0.5, 0.6) is 5.75 Å². The van der Waals surface area contributed by atoms with Crippen molar-refractivity contribution >= 4 is 60.7 Å². The number of aliphatic hydroxyl groups excluding tert-OH is 1. The molecule has 0 spiro atoms. The number of aliphatic hydroxyl groups is 1. The molecule has 0 bridgehead atoms. The highest BCUT2D eigenvalue weighted by molar-refractivity contribution is 7.93. The lowest BCUT2D eigenvalue weighted by Crippen LogP contribution is -2.39. The van der Waals surface area contributed by atoms with Crippen molar-refractivity contribution in [2.45, 2.75) is 17.5 Å². The summed E-state index contributed by atoms with van der Waals surface area (Å²) in [5, 5.41) is 14.2. The van der Waals surface area contributed by atoms with E-state index in [2.05, 4.69) is 0 Å². The lowest BCUT2D eigenvalue weighted by molar-refractivity contribution is 0.166. The maximum atomic E-state index is 13.9. The second-order valence-electron chi connectivity index (χ2n) is 8.61. The Morgan fingerprint density at radius 1 is 0.865 bits per heavy atom. The highest BCUT2D eigenvalue weighted by Crippen LogP contribution is 2.34. The van der Waals surface area contributed by atoms with Crippen LogP contribution in [0.15, 0.2) is 95.9 Å². The third-order valence-electron chi connectivity index (χ3n) is 6.26. The van der Waals surface area contributed by atoms with E-state index in [1.54, 1.807) is 30.3 Å². The zero-order chi connectivity index (χ0) is 26.2. The number of benzene rings is 4. The molecular formula is C28H24Cl2N2O4S. The van der Waals surface area contributed by atoms with Gasteiger partial charge in [-0.05, 0) is 54.6 Å². The number of para-hydroxylation sites is 2. The lowest BCUT2D eigenvalue weighted by Gasteiger charge is -2.28. The van der Waals surface area contributed by atoms with Crippen LogP contribution >= 0.6 is 23.2 Å². The van der Waals surface area contributed by atoms with E-state index in [1.807, 2.05) is 53.1 Å². The fraction of sp³-hybridized carbons (Fsp3) is 0.143. The SMILES string of the molecule is COc1ccc(Cl)cc1S(=O)(=O)N(CC(O)Cn1c2ccccc2c2ccccc21)c1ccc(Cl)cc1. The largest absolute Gasteiger partial charge is 0.495 e. The van der Waals surface area contributed by atoms with E-state index in [1.165, 1.54) is 19.2 Å². The van der Waals surface area contributed by atoms with Gasteiger partial charge in [0.15, 0.2) is 0 Å². The number of sulfonamides is 1. The molecule has 5 rings (SSSR count). The van der Waals surface area contributed by atoms with Crippen LogP contribution in [0.1, 0.15) is 0 Å². The van der Waals surface area contributed by atoms with Gasteiger partial charge in [-0.25, -0.2) is 8.42 Å². The highest BCUT2D eigenvalue weighted by Gasteiger charge is 2.31. The molecule has 0 aliphatic rings. The summed E-state index contributed by atoms with van der Waals surface area (Å²) in [6.07, 6.45) is -1.05. The Labute approximate surface area is 225 Å². The minimum atomic E-state index is -4.18. The summed E-state index contributed by atoms with van der Waals surface area (Å²) in [7, 11) is -2.78.